The van der Waals surface area contributed by atoms with Crippen molar-refractivity contribution in [1.29, 1.82) is 0 Å². The number of carbonyl (C=O) groups excluding carboxylic acids is 2. The van der Waals surface area contributed by atoms with Crippen molar-refractivity contribution in [2.24, 2.45) is 5.92 Å². The molecule has 0 saturated heterocycles. The molecule has 4 aromatic carbocycles. The van der Waals surface area contributed by atoms with E-state index in [9.17, 15) is 18.0 Å². The van der Waals surface area contributed by atoms with E-state index in [0.29, 0.717) is 12.2 Å². The van der Waals surface area contributed by atoms with Crippen LogP contribution in [0.25, 0.3) is 0 Å². The Morgan fingerprint density at radius 3 is 2.07 bits per heavy atom. The van der Waals surface area contributed by atoms with Gasteiger partial charge in [0.25, 0.3) is 10.0 Å². The normalized spacial score (nSPS) is 12.1. The molecule has 2 amide bonds. The molecule has 46 heavy (non-hydrogen) atoms. The number of aryl methyl sites for hydroxylation is 3. The van der Waals surface area contributed by atoms with E-state index in [2.05, 4.69) is 5.32 Å². The molecule has 0 heterocycles. The van der Waals surface area contributed by atoms with Crippen LogP contribution in [-0.4, -0.2) is 44.3 Å². The fraction of sp³-hybridized carbons (Fsp3) is 0.316. The molecule has 1 N–H and O–H groups in total. The van der Waals surface area contributed by atoms with Gasteiger partial charge in [-0.1, -0.05) is 104 Å². The van der Waals surface area contributed by atoms with Gasteiger partial charge in [-0.3, -0.25) is 13.9 Å². The van der Waals surface area contributed by atoms with Gasteiger partial charge in [-0.15, -0.1) is 0 Å². The fourth-order valence-electron chi connectivity index (χ4n) is 5.34. The van der Waals surface area contributed by atoms with Crippen LogP contribution < -0.4 is 9.62 Å². The van der Waals surface area contributed by atoms with E-state index in [1.807, 2.05) is 102 Å². The molecule has 0 aliphatic rings. The van der Waals surface area contributed by atoms with E-state index in [1.54, 1.807) is 41.3 Å². The number of carbonyl (C=O) groups is 2. The number of benzene rings is 4. The van der Waals surface area contributed by atoms with Crippen LogP contribution in [0.5, 0.6) is 0 Å². The smallest absolute Gasteiger partial charge is 0.264 e. The van der Waals surface area contributed by atoms with E-state index < -0.39 is 28.5 Å². The zero-order chi connectivity index (χ0) is 33.4. The Kier molecular flexibility index (Phi) is 11.4. The maximum atomic E-state index is 14.7. The van der Waals surface area contributed by atoms with Crippen molar-refractivity contribution >= 4 is 27.5 Å². The summed E-state index contributed by atoms with van der Waals surface area (Å²) in [5, 5.41) is 3.03. The van der Waals surface area contributed by atoms with Crippen molar-refractivity contribution in [3.8, 4) is 0 Å². The number of hydrogen-bond acceptors (Lipinski definition) is 4. The van der Waals surface area contributed by atoms with Gasteiger partial charge in [-0.25, -0.2) is 8.42 Å². The molecular formula is C38H45N3O4S. The van der Waals surface area contributed by atoms with E-state index >= 15 is 0 Å². The van der Waals surface area contributed by atoms with Gasteiger partial charge >= 0.3 is 0 Å². The van der Waals surface area contributed by atoms with Gasteiger partial charge in [0.2, 0.25) is 11.8 Å². The molecule has 8 heteroatoms. The van der Waals surface area contributed by atoms with Crippen LogP contribution in [0.2, 0.25) is 0 Å². The summed E-state index contributed by atoms with van der Waals surface area (Å²) in [5.41, 5.74) is 5.78. The molecule has 0 bridgehead atoms. The first-order valence-electron chi connectivity index (χ1n) is 15.7. The molecule has 4 rings (SSSR count). The van der Waals surface area contributed by atoms with Crippen molar-refractivity contribution in [3.05, 3.63) is 130 Å². The van der Waals surface area contributed by atoms with Gasteiger partial charge in [0.1, 0.15) is 12.6 Å². The average molecular weight is 640 g/mol. The highest BCUT2D eigenvalue weighted by atomic mass is 32.2. The summed E-state index contributed by atoms with van der Waals surface area (Å²) in [6.07, 6.45) is 0.274. The Morgan fingerprint density at radius 1 is 0.761 bits per heavy atom. The highest BCUT2D eigenvalue weighted by Crippen LogP contribution is 2.29. The molecule has 0 unspecified atom stereocenters. The molecule has 0 aliphatic carbocycles. The van der Waals surface area contributed by atoms with E-state index in [1.165, 1.54) is 4.31 Å². The first-order valence-corrected chi connectivity index (χ1v) is 17.1. The quantitative estimate of drug-likeness (QED) is 0.180. The van der Waals surface area contributed by atoms with Crippen LogP contribution in [0.1, 0.15) is 47.2 Å². The van der Waals surface area contributed by atoms with Crippen molar-refractivity contribution in [1.82, 2.24) is 10.2 Å². The fourth-order valence-corrected chi connectivity index (χ4v) is 6.81. The molecule has 0 radical (unpaired) electrons. The number of rotatable bonds is 13. The second kappa shape index (κ2) is 15.2. The summed E-state index contributed by atoms with van der Waals surface area (Å²) in [4.78, 5) is 30.2. The van der Waals surface area contributed by atoms with Crippen LogP contribution in [0.4, 0.5) is 5.69 Å². The Bertz CT molecular complexity index is 1750. The summed E-state index contributed by atoms with van der Waals surface area (Å²) < 4.78 is 29.8. The molecule has 0 saturated carbocycles. The summed E-state index contributed by atoms with van der Waals surface area (Å²) >= 11 is 0. The number of nitrogens with one attached hydrogen (secondary N) is 1. The lowest BCUT2D eigenvalue weighted by molar-refractivity contribution is -0.140. The summed E-state index contributed by atoms with van der Waals surface area (Å²) in [6, 6.07) is 28.6. The molecule has 0 aromatic heterocycles. The van der Waals surface area contributed by atoms with E-state index in [-0.39, 0.29) is 29.7 Å². The zero-order valence-electron chi connectivity index (χ0n) is 27.7. The third-order valence-electron chi connectivity index (χ3n) is 8.12. The molecule has 4 aromatic rings. The summed E-state index contributed by atoms with van der Waals surface area (Å²) in [7, 11) is -4.16. The molecule has 7 nitrogen and oxygen atoms in total. The van der Waals surface area contributed by atoms with Crippen molar-refractivity contribution in [2.75, 3.05) is 17.4 Å². The van der Waals surface area contributed by atoms with Gasteiger partial charge in [-0.2, -0.15) is 0 Å². The van der Waals surface area contributed by atoms with Crippen molar-refractivity contribution in [3.63, 3.8) is 0 Å². The molecular weight excluding hydrogens is 595 g/mol. The third-order valence-corrected chi connectivity index (χ3v) is 9.90. The topological polar surface area (TPSA) is 86.8 Å². The largest absolute Gasteiger partial charge is 0.354 e. The number of nitrogens with zero attached hydrogens (tertiary/aromatic N) is 2. The maximum absolute atomic E-state index is 14.7. The molecule has 0 spiro atoms. The lowest BCUT2D eigenvalue weighted by Gasteiger charge is -2.34. The van der Waals surface area contributed by atoms with Crippen LogP contribution in [0.15, 0.2) is 102 Å². The Morgan fingerprint density at radius 2 is 1.41 bits per heavy atom. The first-order chi connectivity index (χ1) is 21.9. The molecule has 0 aliphatic heterocycles. The van der Waals surface area contributed by atoms with E-state index in [0.717, 1.165) is 33.4 Å². The zero-order valence-corrected chi connectivity index (χ0v) is 28.5. The minimum absolute atomic E-state index is 0.0903. The predicted octanol–water partition coefficient (Wildman–Crippen LogP) is 6.53. The minimum atomic E-state index is -4.16. The number of hydrogen-bond donors (Lipinski definition) is 1. The lowest BCUT2D eigenvalue weighted by atomic mass is 10.0. The van der Waals surface area contributed by atoms with Crippen LogP contribution in [0, 0.1) is 33.6 Å². The van der Waals surface area contributed by atoms with Gasteiger partial charge in [0.15, 0.2) is 0 Å². The van der Waals surface area contributed by atoms with Gasteiger partial charge in [0.05, 0.1) is 10.6 Å². The van der Waals surface area contributed by atoms with E-state index in [4.69, 9.17) is 0 Å². The number of anilines is 1. The first kappa shape index (κ1) is 34.4. The van der Waals surface area contributed by atoms with Crippen LogP contribution in [-0.2, 0) is 32.6 Å². The monoisotopic (exact) mass is 639 g/mol. The van der Waals surface area contributed by atoms with Gasteiger partial charge in [0, 0.05) is 19.5 Å². The standard InChI is InChI=1S/C38H45N3O4S/c1-27(2)24-39-38(43)36(23-32-14-8-7-9-15-32)40(25-33-16-10-12-29(4)22-33)37(42)26-41(35-17-11-13-30(5)31(35)6)46(44,45)34-20-18-28(3)19-21-34/h7-22,27,36H,23-26H2,1-6H3,(H,39,43)/t36-/m1/s1. The van der Waals surface area contributed by atoms with Crippen LogP contribution >= 0.6 is 0 Å². The lowest BCUT2D eigenvalue weighted by Crippen LogP contribution is -2.53. The highest BCUT2D eigenvalue weighted by Gasteiger charge is 2.35. The van der Waals surface area contributed by atoms with Gasteiger partial charge < -0.3 is 10.2 Å². The van der Waals surface area contributed by atoms with Crippen LogP contribution in [0.3, 0.4) is 0 Å². The Hall–Kier alpha value is -4.43. The SMILES string of the molecule is Cc1ccc(S(=O)(=O)N(CC(=O)N(Cc2cccc(C)c2)[C@H](Cc2ccccc2)C(=O)NCC(C)C)c2cccc(C)c2C)cc1. The minimum Gasteiger partial charge on any atom is -0.354 e. The molecule has 1 atom stereocenters. The Labute approximate surface area is 274 Å². The predicted molar refractivity (Wildman–Crippen MR) is 185 cm³/mol. The molecule has 242 valence electrons. The highest BCUT2D eigenvalue weighted by molar-refractivity contribution is 7.92. The number of amides is 2. The van der Waals surface area contributed by atoms with Gasteiger partial charge in [-0.05, 0) is 74.1 Å². The summed E-state index contributed by atoms with van der Waals surface area (Å²) in [6.45, 7) is 11.8. The van der Waals surface area contributed by atoms with Crippen molar-refractivity contribution < 1.29 is 18.0 Å². The van der Waals surface area contributed by atoms with Crippen molar-refractivity contribution in [2.45, 2.75) is 65.4 Å². The average Bonchev–Trinajstić information content (AvgIpc) is 3.02. The second-order valence-electron chi connectivity index (χ2n) is 12.4. The maximum Gasteiger partial charge on any atom is 0.264 e. The molecule has 0 fully saturated rings. The second-order valence-corrected chi connectivity index (χ2v) is 14.3. The third kappa shape index (κ3) is 8.63. The number of sulfonamides is 1. The summed E-state index contributed by atoms with van der Waals surface area (Å²) in [5.74, 6) is -0.543. The Balaban J connectivity index is 1.83.